The average molecular weight is 289 g/mol. The molecule has 2 atom stereocenters. The maximum atomic E-state index is 12.4. The lowest BCUT2D eigenvalue weighted by atomic mass is 9.92. The number of H-pyrrole nitrogens is 1. The van der Waals surface area contributed by atoms with Crippen LogP contribution in [-0.4, -0.2) is 40.2 Å². The molecule has 0 aliphatic heterocycles. The summed E-state index contributed by atoms with van der Waals surface area (Å²) in [7, 11) is 1.54. The molecule has 3 rings (SSSR count). The molecule has 2 aromatic rings. The number of aromatic amines is 1. The number of carbonyl (C=O) groups excluding carboxylic acids is 1. The van der Waals surface area contributed by atoms with Crippen molar-refractivity contribution < 1.29 is 14.6 Å². The first kappa shape index (κ1) is 13.9. The molecule has 1 fully saturated rings. The highest BCUT2D eigenvalue weighted by Crippen LogP contribution is 2.22. The van der Waals surface area contributed by atoms with Crippen LogP contribution in [0.3, 0.4) is 0 Å². The third kappa shape index (κ3) is 2.71. The summed E-state index contributed by atoms with van der Waals surface area (Å²) in [6.07, 6.45) is 4.77. The van der Waals surface area contributed by atoms with E-state index >= 15 is 0 Å². The van der Waals surface area contributed by atoms with Gasteiger partial charge in [0.05, 0.1) is 30.3 Å². The van der Waals surface area contributed by atoms with Crippen molar-refractivity contribution in [2.75, 3.05) is 7.11 Å². The molecule has 112 valence electrons. The second-order valence-corrected chi connectivity index (χ2v) is 5.38. The zero-order chi connectivity index (χ0) is 14.8. The second kappa shape index (κ2) is 5.73. The lowest BCUT2D eigenvalue weighted by Gasteiger charge is -2.28. The maximum Gasteiger partial charge on any atom is 0.255 e. The van der Waals surface area contributed by atoms with Crippen molar-refractivity contribution in [2.24, 2.45) is 0 Å². The van der Waals surface area contributed by atoms with E-state index in [1.54, 1.807) is 19.4 Å². The van der Waals surface area contributed by atoms with Crippen LogP contribution in [0.15, 0.2) is 18.3 Å². The number of nitrogens with one attached hydrogen (secondary N) is 2. The van der Waals surface area contributed by atoms with Crippen molar-refractivity contribution in [3.63, 3.8) is 0 Å². The van der Waals surface area contributed by atoms with E-state index in [0.717, 1.165) is 31.2 Å². The first-order valence-corrected chi connectivity index (χ1v) is 7.20. The van der Waals surface area contributed by atoms with Gasteiger partial charge < -0.3 is 20.1 Å². The lowest BCUT2D eigenvalue weighted by Crippen LogP contribution is -2.45. The van der Waals surface area contributed by atoms with Crippen LogP contribution < -0.4 is 10.1 Å². The van der Waals surface area contributed by atoms with Crippen molar-refractivity contribution >= 4 is 16.9 Å². The summed E-state index contributed by atoms with van der Waals surface area (Å²) in [5, 5.41) is 12.9. The number of aromatic nitrogens is 2. The van der Waals surface area contributed by atoms with Gasteiger partial charge >= 0.3 is 0 Å². The number of fused-ring (bicyclic) bond motifs is 1. The molecule has 0 bridgehead atoms. The quantitative estimate of drug-likeness (QED) is 0.801. The number of rotatable bonds is 3. The van der Waals surface area contributed by atoms with Crippen LogP contribution in [0.4, 0.5) is 0 Å². The molecule has 0 unspecified atom stereocenters. The third-order valence-corrected chi connectivity index (χ3v) is 4.00. The predicted molar refractivity (Wildman–Crippen MR) is 78.4 cm³/mol. The maximum absolute atomic E-state index is 12.4. The van der Waals surface area contributed by atoms with Gasteiger partial charge in [0, 0.05) is 12.3 Å². The number of hydrogen-bond acceptors (Lipinski definition) is 4. The molecule has 0 spiro atoms. The molecule has 1 amide bonds. The number of pyridine rings is 1. The van der Waals surface area contributed by atoms with E-state index in [2.05, 4.69) is 15.3 Å². The van der Waals surface area contributed by atoms with Gasteiger partial charge in [-0.3, -0.25) is 4.79 Å². The Kier molecular flexibility index (Phi) is 3.79. The predicted octanol–water partition coefficient (Wildman–Crippen LogP) is 1.60. The van der Waals surface area contributed by atoms with E-state index in [9.17, 15) is 9.90 Å². The van der Waals surface area contributed by atoms with Crippen LogP contribution >= 0.6 is 0 Å². The highest BCUT2D eigenvalue weighted by atomic mass is 16.5. The summed E-state index contributed by atoms with van der Waals surface area (Å²) in [4.78, 5) is 19.7. The molecule has 21 heavy (non-hydrogen) atoms. The number of hydrogen-bond donors (Lipinski definition) is 3. The number of methoxy groups -OCH3 is 1. The van der Waals surface area contributed by atoms with Gasteiger partial charge in [-0.25, -0.2) is 4.98 Å². The minimum absolute atomic E-state index is 0.179. The molecular formula is C15H19N3O3. The monoisotopic (exact) mass is 289 g/mol. The fourth-order valence-corrected chi connectivity index (χ4v) is 2.79. The van der Waals surface area contributed by atoms with Crippen molar-refractivity contribution in [1.29, 1.82) is 0 Å². The minimum atomic E-state index is -0.463. The Morgan fingerprint density at radius 2 is 2.24 bits per heavy atom. The van der Waals surface area contributed by atoms with Crippen molar-refractivity contribution in [3.8, 4) is 5.88 Å². The topological polar surface area (TPSA) is 87.2 Å². The van der Waals surface area contributed by atoms with E-state index < -0.39 is 6.10 Å². The van der Waals surface area contributed by atoms with E-state index in [0.29, 0.717) is 17.0 Å². The van der Waals surface area contributed by atoms with Gasteiger partial charge in [0.2, 0.25) is 5.88 Å². The smallest absolute Gasteiger partial charge is 0.255 e. The van der Waals surface area contributed by atoms with Gasteiger partial charge in [0.15, 0.2) is 0 Å². The van der Waals surface area contributed by atoms with Gasteiger partial charge in [0.1, 0.15) is 5.52 Å². The molecule has 1 aliphatic rings. The minimum Gasteiger partial charge on any atom is -0.481 e. The Labute approximate surface area is 122 Å². The summed E-state index contributed by atoms with van der Waals surface area (Å²) in [5.74, 6) is 0.252. The highest BCUT2D eigenvalue weighted by Gasteiger charge is 2.26. The number of aliphatic hydroxyl groups is 1. The number of nitrogens with zero attached hydrogens (tertiary/aromatic N) is 1. The van der Waals surface area contributed by atoms with Gasteiger partial charge in [-0.15, -0.1) is 0 Å². The fourth-order valence-electron chi connectivity index (χ4n) is 2.79. The molecule has 0 saturated heterocycles. The van der Waals surface area contributed by atoms with Crippen LogP contribution in [0.25, 0.3) is 11.0 Å². The van der Waals surface area contributed by atoms with Gasteiger partial charge in [-0.1, -0.05) is 12.8 Å². The lowest BCUT2D eigenvalue weighted by molar-refractivity contribution is 0.0718. The van der Waals surface area contributed by atoms with Crippen LogP contribution in [0.2, 0.25) is 0 Å². The first-order valence-electron chi connectivity index (χ1n) is 7.20. The summed E-state index contributed by atoms with van der Waals surface area (Å²) >= 11 is 0. The highest BCUT2D eigenvalue weighted by molar-refractivity contribution is 6.05. The molecule has 6 nitrogen and oxygen atoms in total. The summed E-state index contributed by atoms with van der Waals surface area (Å²) < 4.78 is 5.10. The molecule has 3 N–H and O–H groups in total. The number of aliphatic hydroxyl groups excluding tert-OH is 1. The first-order chi connectivity index (χ1) is 10.2. The zero-order valence-corrected chi connectivity index (χ0v) is 11.9. The van der Waals surface area contributed by atoms with E-state index in [1.165, 1.54) is 0 Å². The SMILES string of the molecule is COc1ccc2[nH]cc(C(=O)N[C@H]3CCCC[C@@H]3O)c2n1. The van der Waals surface area contributed by atoms with Crippen LogP contribution in [-0.2, 0) is 0 Å². The number of carbonyl (C=O) groups is 1. The summed E-state index contributed by atoms with van der Waals surface area (Å²) in [6.45, 7) is 0. The van der Waals surface area contributed by atoms with E-state index in [-0.39, 0.29) is 11.9 Å². The Bertz CT molecular complexity index is 653. The van der Waals surface area contributed by atoms with Crippen LogP contribution in [0.5, 0.6) is 5.88 Å². The third-order valence-electron chi connectivity index (χ3n) is 4.00. The van der Waals surface area contributed by atoms with E-state index in [1.807, 2.05) is 6.07 Å². The van der Waals surface area contributed by atoms with Crippen molar-refractivity contribution in [2.45, 2.75) is 37.8 Å². The van der Waals surface area contributed by atoms with Gasteiger partial charge in [-0.05, 0) is 18.9 Å². The Hall–Kier alpha value is -2.08. The Morgan fingerprint density at radius 1 is 1.43 bits per heavy atom. The Balaban J connectivity index is 1.84. The summed E-state index contributed by atoms with van der Waals surface area (Å²) in [5.41, 5.74) is 1.84. The molecule has 1 saturated carbocycles. The molecule has 0 radical (unpaired) electrons. The average Bonchev–Trinajstić information content (AvgIpc) is 2.92. The van der Waals surface area contributed by atoms with E-state index in [4.69, 9.17) is 4.74 Å². The normalized spacial score (nSPS) is 22.2. The molecule has 6 heteroatoms. The largest absolute Gasteiger partial charge is 0.481 e. The number of ether oxygens (including phenoxy) is 1. The summed E-state index contributed by atoms with van der Waals surface area (Å²) in [6, 6.07) is 3.39. The molecule has 2 aromatic heterocycles. The van der Waals surface area contributed by atoms with Gasteiger partial charge in [0.25, 0.3) is 5.91 Å². The zero-order valence-electron chi connectivity index (χ0n) is 11.9. The fraction of sp³-hybridized carbons (Fsp3) is 0.467. The molecule has 2 heterocycles. The van der Waals surface area contributed by atoms with Crippen molar-refractivity contribution in [1.82, 2.24) is 15.3 Å². The van der Waals surface area contributed by atoms with Crippen LogP contribution in [0.1, 0.15) is 36.0 Å². The number of amides is 1. The molecule has 1 aliphatic carbocycles. The Morgan fingerprint density at radius 3 is 3.00 bits per heavy atom. The van der Waals surface area contributed by atoms with Gasteiger partial charge in [-0.2, -0.15) is 0 Å². The molecular weight excluding hydrogens is 270 g/mol. The standard InChI is InChI=1S/C15H19N3O3/c1-21-13-7-6-11-14(18-13)9(8-16-11)15(20)17-10-4-2-3-5-12(10)19/h6-8,10,12,16,19H,2-5H2,1H3,(H,17,20)/t10-,12-/m0/s1. The van der Waals surface area contributed by atoms with Crippen LogP contribution in [0, 0.1) is 0 Å². The van der Waals surface area contributed by atoms with Crippen molar-refractivity contribution in [3.05, 3.63) is 23.9 Å². The molecule has 0 aromatic carbocycles. The second-order valence-electron chi connectivity index (χ2n) is 5.38.